The van der Waals surface area contributed by atoms with E-state index < -0.39 is 0 Å². The summed E-state index contributed by atoms with van der Waals surface area (Å²) in [6.07, 6.45) is 3.64. The third-order valence-electron chi connectivity index (χ3n) is 5.21. The molecular formula is C20H20N6O2. The van der Waals surface area contributed by atoms with Crippen LogP contribution >= 0.6 is 0 Å². The lowest BCUT2D eigenvalue weighted by Crippen LogP contribution is -2.51. The van der Waals surface area contributed by atoms with Gasteiger partial charge in [-0.3, -0.25) is 9.59 Å². The summed E-state index contributed by atoms with van der Waals surface area (Å²) in [6.45, 7) is 2.92. The molecule has 2 saturated heterocycles. The lowest BCUT2D eigenvalue weighted by Gasteiger charge is -2.35. The summed E-state index contributed by atoms with van der Waals surface area (Å²) in [5, 5.41) is 8.90. The van der Waals surface area contributed by atoms with Gasteiger partial charge >= 0.3 is 0 Å². The van der Waals surface area contributed by atoms with Gasteiger partial charge in [0.25, 0.3) is 0 Å². The number of nitrogens with zero attached hydrogens (tertiary/aromatic N) is 6. The highest BCUT2D eigenvalue weighted by atomic mass is 16.2. The molecule has 0 saturated carbocycles. The van der Waals surface area contributed by atoms with E-state index in [0.717, 1.165) is 5.69 Å². The Bertz CT molecular complexity index is 901. The normalized spacial score (nSPS) is 19.6. The number of rotatable bonds is 3. The Labute approximate surface area is 163 Å². The maximum atomic E-state index is 12.9. The van der Waals surface area contributed by atoms with Crippen molar-refractivity contribution >= 4 is 23.5 Å². The van der Waals surface area contributed by atoms with Crippen molar-refractivity contribution in [3.63, 3.8) is 0 Å². The second kappa shape index (κ2) is 7.64. The molecule has 2 aliphatic heterocycles. The maximum absolute atomic E-state index is 12.9. The lowest BCUT2D eigenvalue weighted by molar-refractivity contribution is -0.136. The van der Waals surface area contributed by atoms with Gasteiger partial charge in [-0.15, -0.1) is 0 Å². The third kappa shape index (κ3) is 3.51. The fourth-order valence-electron chi connectivity index (χ4n) is 3.68. The molecular weight excluding hydrogens is 356 g/mol. The monoisotopic (exact) mass is 376 g/mol. The van der Waals surface area contributed by atoms with Gasteiger partial charge in [0.15, 0.2) is 0 Å². The van der Waals surface area contributed by atoms with E-state index in [1.54, 1.807) is 47.6 Å². The van der Waals surface area contributed by atoms with Gasteiger partial charge in [-0.25, -0.2) is 9.97 Å². The molecule has 0 aliphatic carbocycles. The predicted molar refractivity (Wildman–Crippen MR) is 102 cm³/mol. The standard InChI is InChI=1S/C20H20N6O2/c21-13-15-2-4-17(5-3-15)26-14-16(12-18(26)27)19(28)24-8-10-25(11-9-24)20-22-6-1-7-23-20/h1-7,16H,8-12,14H2. The zero-order valence-corrected chi connectivity index (χ0v) is 15.4. The minimum atomic E-state index is -0.331. The van der Waals surface area contributed by atoms with Crippen LogP contribution in [0.15, 0.2) is 42.7 Å². The van der Waals surface area contributed by atoms with E-state index in [0.29, 0.717) is 44.2 Å². The van der Waals surface area contributed by atoms with Crippen LogP contribution < -0.4 is 9.80 Å². The molecule has 2 aliphatic rings. The average molecular weight is 376 g/mol. The molecule has 142 valence electrons. The molecule has 2 amide bonds. The Balaban J connectivity index is 1.37. The molecule has 28 heavy (non-hydrogen) atoms. The second-order valence-electron chi connectivity index (χ2n) is 6.93. The highest BCUT2D eigenvalue weighted by Gasteiger charge is 2.38. The Kier molecular flexibility index (Phi) is 4.89. The van der Waals surface area contributed by atoms with Gasteiger partial charge in [-0.05, 0) is 30.3 Å². The third-order valence-corrected chi connectivity index (χ3v) is 5.21. The summed E-state index contributed by atoms with van der Waals surface area (Å²) in [5.74, 6) is 0.317. The number of benzene rings is 1. The zero-order chi connectivity index (χ0) is 19.5. The molecule has 1 aromatic carbocycles. The van der Waals surface area contributed by atoms with Crippen molar-refractivity contribution in [3.8, 4) is 6.07 Å². The molecule has 1 aromatic heterocycles. The predicted octanol–water partition coefficient (Wildman–Crippen LogP) is 1.05. The van der Waals surface area contributed by atoms with Crippen LogP contribution in [0, 0.1) is 17.2 Å². The van der Waals surface area contributed by atoms with E-state index in [1.807, 2.05) is 4.90 Å². The number of piperazine rings is 1. The van der Waals surface area contributed by atoms with Gasteiger partial charge in [0.1, 0.15) is 0 Å². The molecule has 0 radical (unpaired) electrons. The molecule has 3 heterocycles. The average Bonchev–Trinajstić information content (AvgIpc) is 3.15. The zero-order valence-electron chi connectivity index (χ0n) is 15.4. The van der Waals surface area contributed by atoms with Crippen molar-refractivity contribution in [2.75, 3.05) is 42.5 Å². The van der Waals surface area contributed by atoms with Gasteiger partial charge in [0.2, 0.25) is 17.8 Å². The van der Waals surface area contributed by atoms with Crippen LogP contribution in [0.25, 0.3) is 0 Å². The minimum absolute atomic E-state index is 0.0260. The van der Waals surface area contributed by atoms with Crippen molar-refractivity contribution in [1.82, 2.24) is 14.9 Å². The smallest absolute Gasteiger partial charge is 0.228 e. The van der Waals surface area contributed by atoms with Crippen molar-refractivity contribution in [1.29, 1.82) is 5.26 Å². The number of aromatic nitrogens is 2. The van der Waals surface area contributed by atoms with Crippen LogP contribution in [0.3, 0.4) is 0 Å². The van der Waals surface area contributed by atoms with Gasteiger partial charge in [-0.2, -0.15) is 5.26 Å². The molecule has 1 atom stereocenters. The fraction of sp³-hybridized carbons (Fsp3) is 0.350. The first-order valence-electron chi connectivity index (χ1n) is 9.27. The first kappa shape index (κ1) is 17.9. The van der Waals surface area contributed by atoms with Crippen LogP contribution in [0.5, 0.6) is 0 Å². The van der Waals surface area contributed by atoms with Crippen LogP contribution in [0.2, 0.25) is 0 Å². The molecule has 2 aromatic rings. The quantitative estimate of drug-likeness (QED) is 0.795. The first-order valence-corrected chi connectivity index (χ1v) is 9.27. The van der Waals surface area contributed by atoms with E-state index >= 15 is 0 Å². The van der Waals surface area contributed by atoms with Gasteiger partial charge in [0, 0.05) is 57.2 Å². The fourth-order valence-corrected chi connectivity index (χ4v) is 3.68. The Morgan fingerprint density at radius 1 is 1.07 bits per heavy atom. The molecule has 2 fully saturated rings. The van der Waals surface area contributed by atoms with E-state index in [2.05, 4.69) is 20.9 Å². The van der Waals surface area contributed by atoms with Crippen LogP contribution in [-0.2, 0) is 9.59 Å². The van der Waals surface area contributed by atoms with E-state index in [1.165, 1.54) is 0 Å². The second-order valence-corrected chi connectivity index (χ2v) is 6.93. The number of nitriles is 1. The van der Waals surface area contributed by atoms with Crippen LogP contribution in [0.4, 0.5) is 11.6 Å². The Hall–Kier alpha value is -3.47. The lowest BCUT2D eigenvalue weighted by atomic mass is 10.1. The molecule has 1 unspecified atom stereocenters. The van der Waals surface area contributed by atoms with Gasteiger partial charge in [0.05, 0.1) is 17.6 Å². The van der Waals surface area contributed by atoms with Gasteiger partial charge < -0.3 is 14.7 Å². The largest absolute Gasteiger partial charge is 0.339 e. The van der Waals surface area contributed by atoms with Gasteiger partial charge in [-0.1, -0.05) is 0 Å². The summed E-state index contributed by atoms with van der Waals surface area (Å²) in [6, 6.07) is 10.7. The molecule has 8 nitrogen and oxygen atoms in total. The van der Waals surface area contributed by atoms with Crippen molar-refractivity contribution in [2.45, 2.75) is 6.42 Å². The van der Waals surface area contributed by atoms with Crippen molar-refractivity contribution < 1.29 is 9.59 Å². The summed E-state index contributed by atoms with van der Waals surface area (Å²) < 4.78 is 0. The highest BCUT2D eigenvalue weighted by Crippen LogP contribution is 2.27. The summed E-state index contributed by atoms with van der Waals surface area (Å²) in [5.41, 5.74) is 1.27. The van der Waals surface area contributed by atoms with Crippen molar-refractivity contribution in [3.05, 3.63) is 48.3 Å². The number of hydrogen-bond donors (Lipinski definition) is 0. The van der Waals surface area contributed by atoms with Crippen LogP contribution in [-0.4, -0.2) is 59.4 Å². The van der Waals surface area contributed by atoms with Crippen LogP contribution in [0.1, 0.15) is 12.0 Å². The van der Waals surface area contributed by atoms with E-state index in [4.69, 9.17) is 5.26 Å². The Morgan fingerprint density at radius 2 is 1.75 bits per heavy atom. The molecule has 4 rings (SSSR count). The number of carbonyl (C=O) groups is 2. The molecule has 8 heteroatoms. The molecule has 0 spiro atoms. The number of amides is 2. The van der Waals surface area contributed by atoms with Crippen molar-refractivity contribution in [2.24, 2.45) is 5.92 Å². The maximum Gasteiger partial charge on any atom is 0.228 e. The topological polar surface area (TPSA) is 93.4 Å². The minimum Gasteiger partial charge on any atom is -0.339 e. The summed E-state index contributed by atoms with van der Waals surface area (Å²) in [7, 11) is 0. The number of hydrogen-bond acceptors (Lipinski definition) is 6. The first-order chi connectivity index (χ1) is 13.7. The summed E-state index contributed by atoms with van der Waals surface area (Å²) >= 11 is 0. The number of anilines is 2. The SMILES string of the molecule is N#Cc1ccc(N2CC(C(=O)N3CCN(c4ncccn4)CC3)CC2=O)cc1. The molecule has 0 N–H and O–H groups in total. The Morgan fingerprint density at radius 3 is 2.39 bits per heavy atom. The van der Waals surface area contributed by atoms with E-state index in [9.17, 15) is 9.59 Å². The highest BCUT2D eigenvalue weighted by molar-refractivity contribution is 6.00. The number of carbonyl (C=O) groups excluding carboxylic acids is 2. The molecule has 0 bridgehead atoms. The summed E-state index contributed by atoms with van der Waals surface area (Å²) in [4.78, 5) is 39.4. The van der Waals surface area contributed by atoms with E-state index in [-0.39, 0.29) is 24.2 Å².